The molecule has 3 heterocycles. The molecule has 1 aliphatic rings. The van der Waals surface area contributed by atoms with Gasteiger partial charge in [0.1, 0.15) is 23.9 Å². The molecule has 112 valence electrons. The molecule has 1 saturated heterocycles. The maximum absolute atomic E-state index is 6.10. The first kappa shape index (κ1) is 14.0. The predicted octanol–water partition coefficient (Wildman–Crippen LogP) is 1.18. The number of morpholine rings is 1. The van der Waals surface area contributed by atoms with Crippen LogP contribution in [-0.2, 0) is 4.74 Å². The van der Waals surface area contributed by atoms with Crippen LogP contribution in [0.4, 0.5) is 11.5 Å². The van der Waals surface area contributed by atoms with Gasteiger partial charge in [0.05, 0.1) is 13.2 Å². The second kappa shape index (κ2) is 5.82. The van der Waals surface area contributed by atoms with Crippen LogP contribution in [0.2, 0.25) is 5.15 Å². The Hall–Kier alpha value is -1.93. The summed E-state index contributed by atoms with van der Waals surface area (Å²) < 4.78 is 5.75. The van der Waals surface area contributed by atoms with Crippen LogP contribution < -0.4 is 10.2 Å². The van der Waals surface area contributed by atoms with Gasteiger partial charge in [0.25, 0.3) is 0 Å². The monoisotopic (exact) mass is 309 g/mol. The molecule has 1 aliphatic heterocycles. The number of aromatic amines is 1. The number of aryl methyl sites for hydroxylation is 1. The lowest BCUT2D eigenvalue weighted by Crippen LogP contribution is -2.39. The molecule has 0 aliphatic carbocycles. The number of rotatable bonds is 3. The van der Waals surface area contributed by atoms with E-state index in [0.717, 1.165) is 18.2 Å². The van der Waals surface area contributed by atoms with E-state index in [2.05, 4.69) is 35.4 Å². The quantitative estimate of drug-likeness (QED) is 0.822. The standard InChI is InChI=1S/C12H16ClN7O/c1-7-17-11(19-18-7)8-5-20(3-4-21-8)12-9(14-2)10(13)15-6-16-12/h6,8,14H,3-5H2,1-2H3,(H,17,18,19). The van der Waals surface area contributed by atoms with E-state index >= 15 is 0 Å². The fourth-order valence-corrected chi connectivity index (χ4v) is 2.53. The van der Waals surface area contributed by atoms with Crippen molar-refractivity contribution in [1.82, 2.24) is 25.1 Å². The van der Waals surface area contributed by atoms with Crippen molar-refractivity contribution in [2.45, 2.75) is 13.0 Å². The van der Waals surface area contributed by atoms with Gasteiger partial charge >= 0.3 is 0 Å². The van der Waals surface area contributed by atoms with Crippen LogP contribution in [0, 0.1) is 6.92 Å². The van der Waals surface area contributed by atoms with E-state index in [1.54, 1.807) is 7.05 Å². The maximum Gasteiger partial charge on any atom is 0.181 e. The van der Waals surface area contributed by atoms with Crippen molar-refractivity contribution in [3.63, 3.8) is 0 Å². The second-order valence-corrected chi connectivity index (χ2v) is 5.06. The number of aromatic nitrogens is 5. The first-order valence-electron chi connectivity index (χ1n) is 6.62. The Morgan fingerprint density at radius 3 is 3.05 bits per heavy atom. The Morgan fingerprint density at radius 1 is 1.48 bits per heavy atom. The number of hydrogen-bond donors (Lipinski definition) is 2. The van der Waals surface area contributed by atoms with Gasteiger partial charge in [-0.05, 0) is 6.92 Å². The van der Waals surface area contributed by atoms with Gasteiger partial charge in [-0.1, -0.05) is 11.6 Å². The summed E-state index contributed by atoms with van der Waals surface area (Å²) in [6.45, 7) is 3.77. The van der Waals surface area contributed by atoms with Crippen LogP contribution in [0.15, 0.2) is 6.33 Å². The second-order valence-electron chi connectivity index (χ2n) is 4.70. The lowest BCUT2D eigenvalue weighted by molar-refractivity contribution is 0.0340. The minimum atomic E-state index is -0.192. The molecule has 8 nitrogen and oxygen atoms in total. The van der Waals surface area contributed by atoms with Gasteiger partial charge in [0.15, 0.2) is 16.8 Å². The average Bonchev–Trinajstić information content (AvgIpc) is 2.94. The van der Waals surface area contributed by atoms with Crippen molar-refractivity contribution in [3.8, 4) is 0 Å². The minimum Gasteiger partial charge on any atom is -0.383 e. The third-order valence-corrected chi connectivity index (χ3v) is 3.59. The molecule has 0 bridgehead atoms. The number of halogens is 1. The topological polar surface area (TPSA) is 91.9 Å². The molecule has 3 rings (SSSR count). The molecule has 0 spiro atoms. The van der Waals surface area contributed by atoms with Gasteiger partial charge in [-0.3, -0.25) is 5.10 Å². The SMILES string of the molecule is CNc1c(Cl)ncnc1N1CCOC(c2n[nH]c(C)n2)C1. The highest BCUT2D eigenvalue weighted by Gasteiger charge is 2.27. The minimum absolute atomic E-state index is 0.192. The van der Waals surface area contributed by atoms with Gasteiger partial charge < -0.3 is 15.0 Å². The Morgan fingerprint density at radius 2 is 2.33 bits per heavy atom. The highest BCUT2D eigenvalue weighted by Crippen LogP contribution is 2.31. The third kappa shape index (κ3) is 2.77. The molecule has 0 aromatic carbocycles. The number of nitrogens with one attached hydrogen (secondary N) is 2. The average molecular weight is 310 g/mol. The molecule has 9 heteroatoms. The fraction of sp³-hybridized carbons (Fsp3) is 0.500. The van der Waals surface area contributed by atoms with Gasteiger partial charge in [0, 0.05) is 13.6 Å². The summed E-state index contributed by atoms with van der Waals surface area (Å²) in [5.41, 5.74) is 0.714. The number of nitrogens with zero attached hydrogens (tertiary/aromatic N) is 5. The first-order valence-corrected chi connectivity index (χ1v) is 7.00. The molecule has 1 atom stereocenters. The lowest BCUT2D eigenvalue weighted by Gasteiger charge is -2.33. The third-order valence-electron chi connectivity index (χ3n) is 3.30. The van der Waals surface area contributed by atoms with Crippen LogP contribution in [0.3, 0.4) is 0 Å². The van der Waals surface area contributed by atoms with Crippen LogP contribution in [0.5, 0.6) is 0 Å². The molecule has 1 unspecified atom stereocenters. The van der Waals surface area contributed by atoms with Crippen molar-refractivity contribution < 1.29 is 4.74 Å². The summed E-state index contributed by atoms with van der Waals surface area (Å²) in [4.78, 5) is 14.7. The number of ether oxygens (including phenoxy) is 1. The van der Waals surface area contributed by atoms with Gasteiger partial charge in [-0.15, -0.1) is 0 Å². The van der Waals surface area contributed by atoms with Crippen molar-refractivity contribution in [2.75, 3.05) is 37.0 Å². The highest BCUT2D eigenvalue weighted by atomic mass is 35.5. The number of anilines is 2. The van der Waals surface area contributed by atoms with Crippen molar-refractivity contribution in [3.05, 3.63) is 23.1 Å². The molecule has 2 aromatic heterocycles. The van der Waals surface area contributed by atoms with E-state index in [9.17, 15) is 0 Å². The van der Waals surface area contributed by atoms with Crippen LogP contribution in [0.1, 0.15) is 17.8 Å². The summed E-state index contributed by atoms with van der Waals surface area (Å²) in [6.07, 6.45) is 1.27. The molecule has 2 N–H and O–H groups in total. The van der Waals surface area contributed by atoms with E-state index in [-0.39, 0.29) is 6.10 Å². The highest BCUT2D eigenvalue weighted by molar-refractivity contribution is 6.32. The smallest absolute Gasteiger partial charge is 0.181 e. The summed E-state index contributed by atoms with van der Waals surface area (Å²) >= 11 is 6.10. The van der Waals surface area contributed by atoms with Crippen molar-refractivity contribution >= 4 is 23.1 Å². The van der Waals surface area contributed by atoms with Crippen LogP contribution in [0.25, 0.3) is 0 Å². The predicted molar refractivity (Wildman–Crippen MR) is 78.6 cm³/mol. The van der Waals surface area contributed by atoms with E-state index in [1.165, 1.54) is 6.33 Å². The Labute approximate surface area is 126 Å². The Balaban J connectivity index is 1.85. The normalized spacial score (nSPS) is 18.8. The number of hydrogen-bond acceptors (Lipinski definition) is 7. The molecule has 0 amide bonds. The van der Waals surface area contributed by atoms with Crippen molar-refractivity contribution in [1.29, 1.82) is 0 Å². The van der Waals surface area contributed by atoms with Gasteiger partial charge in [-0.25, -0.2) is 15.0 Å². The van der Waals surface area contributed by atoms with Crippen LogP contribution >= 0.6 is 11.6 Å². The summed E-state index contributed by atoms with van der Waals surface area (Å²) in [5, 5.41) is 10.4. The van der Waals surface area contributed by atoms with E-state index in [0.29, 0.717) is 29.8 Å². The van der Waals surface area contributed by atoms with E-state index in [4.69, 9.17) is 16.3 Å². The Kier molecular flexibility index (Phi) is 3.89. The molecule has 1 fully saturated rings. The molecule has 0 saturated carbocycles. The largest absolute Gasteiger partial charge is 0.383 e. The molecule has 21 heavy (non-hydrogen) atoms. The molecule has 2 aromatic rings. The van der Waals surface area contributed by atoms with Crippen LogP contribution in [-0.4, -0.2) is 51.9 Å². The molecular weight excluding hydrogens is 294 g/mol. The first-order chi connectivity index (χ1) is 10.2. The maximum atomic E-state index is 6.10. The molecule has 0 radical (unpaired) electrons. The fourth-order valence-electron chi connectivity index (χ4n) is 2.31. The van der Waals surface area contributed by atoms with Crippen molar-refractivity contribution in [2.24, 2.45) is 0 Å². The zero-order valence-corrected chi connectivity index (χ0v) is 12.6. The number of H-pyrrole nitrogens is 1. The van der Waals surface area contributed by atoms with Gasteiger partial charge in [0.2, 0.25) is 0 Å². The Bertz CT molecular complexity index is 632. The summed E-state index contributed by atoms with van der Waals surface area (Å²) in [7, 11) is 1.80. The zero-order valence-electron chi connectivity index (χ0n) is 11.8. The zero-order chi connectivity index (χ0) is 14.8. The summed E-state index contributed by atoms with van der Waals surface area (Å²) in [6, 6.07) is 0. The molecular formula is C12H16ClN7O. The van der Waals surface area contributed by atoms with E-state index in [1.807, 2.05) is 6.92 Å². The lowest BCUT2D eigenvalue weighted by atomic mass is 10.2. The summed E-state index contributed by atoms with van der Waals surface area (Å²) in [5.74, 6) is 2.19. The van der Waals surface area contributed by atoms with E-state index < -0.39 is 0 Å². The van der Waals surface area contributed by atoms with Gasteiger partial charge in [-0.2, -0.15) is 5.10 Å².